The molecule has 2 aliphatic rings. The van der Waals surface area contributed by atoms with E-state index in [1.807, 2.05) is 0 Å². The zero-order valence-electron chi connectivity index (χ0n) is 17.7. The Hall–Kier alpha value is -3.06. The summed E-state index contributed by atoms with van der Waals surface area (Å²) in [4.78, 5) is 48.0. The number of aliphatic hydroxyl groups excluding tert-OH is 5. The maximum atomic E-state index is 14.4. The van der Waals surface area contributed by atoms with E-state index in [-0.39, 0.29) is 6.42 Å². The number of rotatable bonds is 4. The minimum atomic E-state index is -3.05. The monoisotopic (exact) mass is 508 g/mol. The summed E-state index contributed by atoms with van der Waals surface area (Å²) < 4.78 is 38.4. The van der Waals surface area contributed by atoms with Crippen molar-refractivity contribution in [2.45, 2.75) is 49.1 Å². The molecule has 0 radical (unpaired) electrons. The summed E-state index contributed by atoms with van der Waals surface area (Å²) in [6.07, 6.45) is -6.25. The van der Waals surface area contributed by atoms with Gasteiger partial charge in [0, 0.05) is 18.7 Å². The van der Waals surface area contributed by atoms with E-state index in [2.05, 4.69) is 4.74 Å². The van der Waals surface area contributed by atoms with Gasteiger partial charge in [0.25, 0.3) is 11.1 Å². The fourth-order valence-corrected chi connectivity index (χ4v) is 3.49. The largest absolute Gasteiger partial charge is 0.394 e. The highest BCUT2D eigenvalue weighted by atomic mass is 19.2. The lowest BCUT2D eigenvalue weighted by atomic mass is 10.1. The number of ether oxygens (including phenoxy) is 2. The first-order chi connectivity index (χ1) is 16.4. The lowest BCUT2D eigenvalue weighted by Gasteiger charge is -2.24. The van der Waals surface area contributed by atoms with Gasteiger partial charge in [0.1, 0.15) is 24.5 Å². The molecule has 7 atom stereocenters. The van der Waals surface area contributed by atoms with Crippen LogP contribution in [0.25, 0.3) is 0 Å². The first kappa shape index (κ1) is 26.5. The smallest absolute Gasteiger partial charge is 0.332 e. The summed E-state index contributed by atoms with van der Waals surface area (Å²) in [5.41, 5.74) is -3.82. The second kappa shape index (κ2) is 10.3. The number of aromatic nitrogens is 4. The lowest BCUT2D eigenvalue weighted by molar-refractivity contribution is -0.239. The molecule has 4 rings (SSSR count). The van der Waals surface area contributed by atoms with Gasteiger partial charge in [0.2, 0.25) is 5.82 Å². The van der Waals surface area contributed by atoms with Crippen molar-refractivity contribution in [1.82, 2.24) is 19.1 Å². The van der Waals surface area contributed by atoms with Crippen molar-refractivity contribution in [3.63, 3.8) is 0 Å². The van der Waals surface area contributed by atoms with E-state index in [9.17, 15) is 43.3 Å². The summed E-state index contributed by atoms with van der Waals surface area (Å²) in [5, 5.41) is 46.2. The maximum absolute atomic E-state index is 14.4. The molecular weight excluding hydrogens is 486 g/mol. The van der Waals surface area contributed by atoms with Crippen LogP contribution in [0, 0.1) is 5.82 Å². The first-order valence-electron chi connectivity index (χ1n) is 10.0. The third-order valence-electron chi connectivity index (χ3n) is 5.34. The molecule has 0 spiro atoms. The van der Waals surface area contributed by atoms with Crippen molar-refractivity contribution in [1.29, 1.82) is 0 Å². The quantitative estimate of drug-likeness (QED) is 0.208. The SMILES string of the molecule is O=c1[nH]c(=O)n([C@H]2C[C@H](O)[C@@H](CO)O2)cc1F.O=c1ccn([C@]2(F)O[C@H](CO)[C@@H](O)[C@H]2O)c(=O)[nH]1. The molecule has 0 aliphatic carbocycles. The molecule has 0 amide bonds. The molecule has 194 valence electrons. The maximum Gasteiger partial charge on any atom is 0.332 e. The van der Waals surface area contributed by atoms with Crippen LogP contribution in [0.3, 0.4) is 0 Å². The third kappa shape index (κ3) is 5.15. The predicted octanol–water partition coefficient (Wildman–Crippen LogP) is -4.45. The van der Waals surface area contributed by atoms with Gasteiger partial charge in [-0.3, -0.25) is 24.1 Å². The summed E-state index contributed by atoms with van der Waals surface area (Å²) in [5.74, 6) is -4.16. The van der Waals surface area contributed by atoms with Crippen LogP contribution in [0.5, 0.6) is 0 Å². The van der Waals surface area contributed by atoms with Gasteiger partial charge >= 0.3 is 17.4 Å². The molecule has 0 unspecified atom stereocenters. The molecule has 17 heteroatoms. The van der Waals surface area contributed by atoms with Crippen LogP contribution in [-0.2, 0) is 15.5 Å². The van der Waals surface area contributed by atoms with Gasteiger partial charge in [0.05, 0.1) is 25.5 Å². The van der Waals surface area contributed by atoms with Crippen molar-refractivity contribution >= 4 is 0 Å². The van der Waals surface area contributed by atoms with Gasteiger partial charge in [-0.2, -0.15) is 8.78 Å². The molecule has 2 aliphatic heterocycles. The second-order valence-electron chi connectivity index (χ2n) is 7.62. The van der Waals surface area contributed by atoms with Crippen LogP contribution in [0.1, 0.15) is 12.6 Å². The summed E-state index contributed by atoms with van der Waals surface area (Å²) >= 11 is 0. The number of halogens is 2. The molecule has 0 aromatic carbocycles. The second-order valence-corrected chi connectivity index (χ2v) is 7.62. The number of hydrogen-bond acceptors (Lipinski definition) is 11. The van der Waals surface area contributed by atoms with Gasteiger partial charge < -0.3 is 35.0 Å². The Kier molecular flexibility index (Phi) is 7.80. The van der Waals surface area contributed by atoms with E-state index < -0.39 is 84.3 Å². The first-order valence-corrected chi connectivity index (χ1v) is 10.0. The Labute approximate surface area is 192 Å². The molecule has 2 aromatic heterocycles. The van der Waals surface area contributed by atoms with Crippen molar-refractivity contribution in [2.24, 2.45) is 0 Å². The van der Waals surface area contributed by atoms with Crippen LogP contribution in [0.15, 0.2) is 37.6 Å². The number of hydrogen-bond donors (Lipinski definition) is 7. The van der Waals surface area contributed by atoms with E-state index in [1.165, 1.54) is 0 Å². The predicted molar refractivity (Wildman–Crippen MR) is 107 cm³/mol. The van der Waals surface area contributed by atoms with Crippen LogP contribution in [-0.4, -0.2) is 88.4 Å². The molecule has 2 saturated heterocycles. The fourth-order valence-electron chi connectivity index (χ4n) is 3.49. The van der Waals surface area contributed by atoms with Crippen molar-refractivity contribution in [3.05, 3.63) is 66.0 Å². The number of alkyl halides is 1. The van der Waals surface area contributed by atoms with Gasteiger partial charge in [-0.15, -0.1) is 0 Å². The van der Waals surface area contributed by atoms with E-state index in [0.717, 1.165) is 23.0 Å². The number of nitrogens with zero attached hydrogens (tertiary/aromatic N) is 2. The Morgan fingerprint density at radius 1 is 1.06 bits per heavy atom. The van der Waals surface area contributed by atoms with Crippen LogP contribution < -0.4 is 22.5 Å². The van der Waals surface area contributed by atoms with Crippen LogP contribution >= 0.6 is 0 Å². The average Bonchev–Trinajstić information content (AvgIpc) is 3.29. The van der Waals surface area contributed by atoms with E-state index in [1.54, 1.807) is 9.97 Å². The Bertz CT molecular complexity index is 1280. The van der Waals surface area contributed by atoms with Crippen molar-refractivity contribution in [3.8, 4) is 0 Å². The highest BCUT2D eigenvalue weighted by molar-refractivity contribution is 4.97. The van der Waals surface area contributed by atoms with Crippen molar-refractivity contribution < 1.29 is 43.8 Å². The number of aliphatic hydroxyl groups is 5. The Morgan fingerprint density at radius 3 is 2.26 bits per heavy atom. The highest BCUT2D eigenvalue weighted by Crippen LogP contribution is 2.35. The van der Waals surface area contributed by atoms with Gasteiger partial charge in [-0.25, -0.2) is 14.2 Å². The summed E-state index contributed by atoms with van der Waals surface area (Å²) in [7, 11) is 0. The minimum Gasteiger partial charge on any atom is -0.394 e. The zero-order chi connectivity index (χ0) is 26.1. The van der Waals surface area contributed by atoms with Gasteiger partial charge in [0.15, 0.2) is 6.10 Å². The third-order valence-corrected chi connectivity index (χ3v) is 5.34. The summed E-state index contributed by atoms with van der Waals surface area (Å²) in [6, 6.07) is 0.859. The molecule has 15 nitrogen and oxygen atoms in total. The standard InChI is InChI=1S/C9H11FN2O6.C9H11FN2O5/c10-9(7(16)6(15)4(3-13)18-9)12-2-1-5(14)11-8(12)17;10-4-2-12(9(16)11-8(4)15)7-1-5(14)6(3-13)17-7/h1-2,4,6-7,13,15-16H,3H2,(H,11,14,17);2,5-7,13-14H,1,3H2,(H,11,15,16)/t4-,6-,7-,9+;5-,6+,7+/m10/s1. The minimum absolute atomic E-state index is 0.0383. The number of H-pyrrole nitrogens is 2. The van der Waals surface area contributed by atoms with Gasteiger partial charge in [-0.1, -0.05) is 0 Å². The molecule has 0 saturated carbocycles. The molecule has 4 heterocycles. The molecule has 0 bridgehead atoms. The fraction of sp³-hybridized carbons (Fsp3) is 0.556. The van der Waals surface area contributed by atoms with Crippen LogP contribution in [0.2, 0.25) is 0 Å². The van der Waals surface area contributed by atoms with E-state index in [4.69, 9.17) is 14.9 Å². The van der Waals surface area contributed by atoms with E-state index >= 15 is 0 Å². The number of aromatic amines is 2. The van der Waals surface area contributed by atoms with Gasteiger partial charge in [-0.05, 0) is 0 Å². The average molecular weight is 508 g/mol. The molecule has 2 fully saturated rings. The molecule has 2 aromatic rings. The molecular formula is C18H22F2N4O11. The topological polar surface area (TPSA) is 229 Å². The Morgan fingerprint density at radius 2 is 1.71 bits per heavy atom. The normalized spacial score (nSPS) is 32.3. The highest BCUT2D eigenvalue weighted by Gasteiger charge is 2.57. The molecule has 7 N–H and O–H groups in total. The summed E-state index contributed by atoms with van der Waals surface area (Å²) in [6.45, 7) is -1.14. The molecule has 35 heavy (non-hydrogen) atoms. The zero-order valence-corrected chi connectivity index (χ0v) is 17.7. The van der Waals surface area contributed by atoms with Crippen molar-refractivity contribution in [2.75, 3.05) is 13.2 Å². The lowest BCUT2D eigenvalue weighted by Crippen LogP contribution is -2.48. The Balaban J connectivity index is 0.000000196. The number of nitrogens with one attached hydrogen (secondary N) is 2. The van der Waals surface area contributed by atoms with Crippen LogP contribution in [0.4, 0.5) is 8.78 Å². The van der Waals surface area contributed by atoms with E-state index in [0.29, 0.717) is 4.57 Å².